The summed E-state index contributed by atoms with van der Waals surface area (Å²) in [6.45, 7) is 0. The molecule has 0 N–H and O–H groups in total. The molecule has 9 aromatic carbocycles. The molecule has 1 nitrogen and oxygen atoms in total. The summed E-state index contributed by atoms with van der Waals surface area (Å²) in [4.78, 5) is 0. The maximum Gasteiger partial charge on any atom is 0.136 e. The van der Waals surface area contributed by atoms with E-state index in [1.54, 1.807) is 0 Å². The Hall–Kier alpha value is -5.92. The van der Waals surface area contributed by atoms with Crippen molar-refractivity contribution in [3.05, 3.63) is 158 Å². The van der Waals surface area contributed by atoms with Gasteiger partial charge in [0, 0.05) is 16.2 Å². The Kier molecular flexibility index (Phi) is 5.06. The highest BCUT2D eigenvalue weighted by atomic mass is 16.3. The minimum absolute atomic E-state index is 0.930. The number of furan rings is 1. The molecule has 208 valence electrons. The number of rotatable bonds is 2. The van der Waals surface area contributed by atoms with Crippen molar-refractivity contribution in [3.8, 4) is 22.3 Å². The lowest BCUT2D eigenvalue weighted by Crippen LogP contribution is -1.87. The summed E-state index contributed by atoms with van der Waals surface area (Å²) in [6, 6.07) is 57.3. The molecule has 0 radical (unpaired) electrons. The molecule has 10 aromatic rings. The molecule has 0 bridgehead atoms. The molecule has 0 aliphatic carbocycles. The fraction of sp³-hybridized carbons (Fsp3) is 0. The second-order valence-electron chi connectivity index (χ2n) is 12.1. The first-order valence-electron chi connectivity index (χ1n) is 15.5. The Morgan fingerprint density at radius 2 is 0.800 bits per heavy atom. The second kappa shape index (κ2) is 9.29. The molecule has 1 aromatic heterocycles. The molecule has 0 atom stereocenters. The van der Waals surface area contributed by atoms with Gasteiger partial charge in [-0.05, 0) is 107 Å². The second-order valence-corrected chi connectivity index (χ2v) is 12.1. The van der Waals surface area contributed by atoms with E-state index >= 15 is 0 Å². The maximum atomic E-state index is 6.50. The van der Waals surface area contributed by atoms with Crippen molar-refractivity contribution in [3.63, 3.8) is 0 Å². The Morgan fingerprint density at radius 3 is 1.60 bits per heavy atom. The Balaban J connectivity index is 1.25. The molecule has 0 saturated heterocycles. The maximum absolute atomic E-state index is 6.50. The monoisotopic (exact) mass is 570 g/mol. The first kappa shape index (κ1) is 24.5. The number of hydrogen-bond acceptors (Lipinski definition) is 1. The average molecular weight is 571 g/mol. The van der Waals surface area contributed by atoms with E-state index in [4.69, 9.17) is 4.42 Å². The quantitative estimate of drug-likeness (QED) is 0.188. The van der Waals surface area contributed by atoms with Gasteiger partial charge in [0.1, 0.15) is 11.2 Å². The Bertz CT molecular complexity index is 2800. The molecule has 10 rings (SSSR count). The molecule has 45 heavy (non-hydrogen) atoms. The molecule has 0 saturated carbocycles. The largest absolute Gasteiger partial charge is 0.456 e. The van der Waals surface area contributed by atoms with Gasteiger partial charge in [-0.15, -0.1) is 0 Å². The van der Waals surface area contributed by atoms with E-state index in [1.165, 1.54) is 86.9 Å². The van der Waals surface area contributed by atoms with E-state index < -0.39 is 0 Å². The highest BCUT2D eigenvalue weighted by Gasteiger charge is 2.18. The van der Waals surface area contributed by atoms with Gasteiger partial charge in [0.15, 0.2) is 0 Å². The fourth-order valence-electron chi connectivity index (χ4n) is 7.49. The summed E-state index contributed by atoms with van der Waals surface area (Å²) < 4.78 is 6.50. The molecular weight excluding hydrogens is 544 g/mol. The van der Waals surface area contributed by atoms with Crippen LogP contribution in [0.1, 0.15) is 0 Å². The van der Waals surface area contributed by atoms with Crippen molar-refractivity contribution >= 4 is 75.8 Å². The molecule has 1 heteroatoms. The molecule has 0 spiro atoms. The first-order valence-corrected chi connectivity index (χ1v) is 15.5. The van der Waals surface area contributed by atoms with Gasteiger partial charge in [0.2, 0.25) is 0 Å². The highest BCUT2D eigenvalue weighted by molar-refractivity contribution is 6.37. The molecule has 0 aliphatic rings. The average Bonchev–Trinajstić information content (AvgIpc) is 3.51. The standard InChI is InChI=1S/C44H26O/c1-2-8-27(9-3-1)29-14-15-31-25-32(17-16-30(31)24-29)33-18-20-38-39(26-33)36-13-7-6-12-35(36)37-21-23-41-44(42(37)38)43-34-11-5-4-10-28(34)19-22-40(43)45-41/h1-26H. The van der Waals surface area contributed by atoms with Crippen LogP contribution in [0.3, 0.4) is 0 Å². The molecule has 0 unspecified atom stereocenters. The number of fused-ring (bicyclic) bond motifs is 13. The zero-order valence-corrected chi connectivity index (χ0v) is 24.4. The predicted octanol–water partition coefficient (Wildman–Crippen LogP) is 12.7. The van der Waals surface area contributed by atoms with Crippen molar-refractivity contribution in [2.45, 2.75) is 0 Å². The number of benzene rings is 9. The van der Waals surface area contributed by atoms with Crippen LogP contribution in [0.2, 0.25) is 0 Å². The van der Waals surface area contributed by atoms with Gasteiger partial charge < -0.3 is 4.42 Å². The minimum Gasteiger partial charge on any atom is -0.456 e. The third kappa shape index (κ3) is 3.62. The summed E-state index contributed by atoms with van der Waals surface area (Å²) in [5, 5.41) is 14.9. The van der Waals surface area contributed by atoms with Crippen LogP contribution >= 0.6 is 0 Å². The molecule has 0 aliphatic heterocycles. The summed E-state index contributed by atoms with van der Waals surface area (Å²) in [5.74, 6) is 0. The van der Waals surface area contributed by atoms with Crippen LogP contribution in [0.25, 0.3) is 98.1 Å². The third-order valence-electron chi connectivity index (χ3n) is 9.60. The minimum atomic E-state index is 0.930. The lowest BCUT2D eigenvalue weighted by atomic mass is 9.89. The van der Waals surface area contributed by atoms with Crippen molar-refractivity contribution < 1.29 is 4.42 Å². The highest BCUT2D eigenvalue weighted by Crippen LogP contribution is 2.45. The molecule has 1 heterocycles. The van der Waals surface area contributed by atoms with E-state index in [2.05, 4.69) is 158 Å². The zero-order valence-electron chi connectivity index (χ0n) is 24.4. The van der Waals surface area contributed by atoms with Crippen molar-refractivity contribution in [1.82, 2.24) is 0 Å². The van der Waals surface area contributed by atoms with E-state index in [1.807, 2.05) is 0 Å². The molecule has 0 fully saturated rings. The van der Waals surface area contributed by atoms with Gasteiger partial charge in [0.05, 0.1) is 0 Å². The zero-order chi connectivity index (χ0) is 29.5. The summed E-state index contributed by atoms with van der Waals surface area (Å²) in [6.07, 6.45) is 0. The molecule has 0 amide bonds. The molecular formula is C44H26O. The van der Waals surface area contributed by atoms with E-state index in [-0.39, 0.29) is 0 Å². The summed E-state index contributed by atoms with van der Waals surface area (Å²) in [5.41, 5.74) is 6.78. The summed E-state index contributed by atoms with van der Waals surface area (Å²) >= 11 is 0. The Labute approximate surface area is 259 Å². The van der Waals surface area contributed by atoms with Crippen LogP contribution in [0.15, 0.2) is 162 Å². The SMILES string of the molecule is c1ccc(-c2ccc3cc(-c4ccc5c(c4)c4ccccc4c4ccc6oc7ccc8ccccc8c7c6c45)ccc3c2)cc1. The van der Waals surface area contributed by atoms with Gasteiger partial charge in [-0.2, -0.15) is 0 Å². The topological polar surface area (TPSA) is 13.1 Å². The lowest BCUT2D eigenvalue weighted by molar-refractivity contribution is 0.669. The first-order chi connectivity index (χ1) is 22.3. The van der Waals surface area contributed by atoms with Crippen molar-refractivity contribution in [1.29, 1.82) is 0 Å². The predicted molar refractivity (Wildman–Crippen MR) is 192 cm³/mol. The van der Waals surface area contributed by atoms with Gasteiger partial charge in [-0.3, -0.25) is 0 Å². The van der Waals surface area contributed by atoms with Crippen molar-refractivity contribution in [2.75, 3.05) is 0 Å². The van der Waals surface area contributed by atoms with Crippen molar-refractivity contribution in [2.24, 2.45) is 0 Å². The van der Waals surface area contributed by atoms with Crippen LogP contribution in [0.4, 0.5) is 0 Å². The van der Waals surface area contributed by atoms with Crippen LogP contribution in [-0.4, -0.2) is 0 Å². The van der Waals surface area contributed by atoms with Gasteiger partial charge >= 0.3 is 0 Å². The van der Waals surface area contributed by atoms with Gasteiger partial charge in [-0.25, -0.2) is 0 Å². The third-order valence-corrected chi connectivity index (χ3v) is 9.60. The lowest BCUT2D eigenvalue weighted by Gasteiger charge is -2.13. The van der Waals surface area contributed by atoms with E-state index in [9.17, 15) is 0 Å². The van der Waals surface area contributed by atoms with Crippen LogP contribution < -0.4 is 0 Å². The van der Waals surface area contributed by atoms with Gasteiger partial charge in [-0.1, -0.05) is 121 Å². The van der Waals surface area contributed by atoms with Gasteiger partial charge in [0.25, 0.3) is 0 Å². The number of hydrogen-bond donors (Lipinski definition) is 0. The van der Waals surface area contributed by atoms with E-state index in [0.717, 1.165) is 11.2 Å². The van der Waals surface area contributed by atoms with Crippen LogP contribution in [-0.2, 0) is 0 Å². The smallest absolute Gasteiger partial charge is 0.136 e. The Morgan fingerprint density at radius 1 is 0.267 bits per heavy atom. The van der Waals surface area contributed by atoms with E-state index in [0.29, 0.717) is 0 Å². The van der Waals surface area contributed by atoms with Crippen LogP contribution in [0.5, 0.6) is 0 Å². The normalized spacial score (nSPS) is 12.0. The summed E-state index contributed by atoms with van der Waals surface area (Å²) in [7, 11) is 0. The fourth-order valence-corrected chi connectivity index (χ4v) is 7.49. The van der Waals surface area contributed by atoms with Crippen LogP contribution in [0, 0.1) is 0 Å².